The van der Waals surface area contributed by atoms with E-state index >= 15 is 0 Å². The van der Waals surface area contributed by atoms with Crippen molar-refractivity contribution in [3.05, 3.63) is 38.3 Å². The van der Waals surface area contributed by atoms with Crippen LogP contribution in [0.1, 0.15) is 36.5 Å². The Balaban J connectivity index is 2.52. The number of nitrogens with zero attached hydrogens (tertiary/aromatic N) is 2. The van der Waals surface area contributed by atoms with Crippen LogP contribution in [-0.2, 0) is 0 Å². The molecule has 1 N–H and O–H groups in total. The minimum absolute atomic E-state index is 0.0325. The van der Waals surface area contributed by atoms with Gasteiger partial charge in [0.15, 0.2) is 0 Å². The van der Waals surface area contributed by atoms with Crippen LogP contribution in [0.15, 0.2) is 17.6 Å². The molecule has 0 radical (unpaired) electrons. The molecule has 0 bridgehead atoms. The van der Waals surface area contributed by atoms with Gasteiger partial charge in [-0.15, -0.1) is 11.3 Å². The summed E-state index contributed by atoms with van der Waals surface area (Å²) < 4.78 is 1.93. The smallest absolute Gasteiger partial charge is 0.0869 e. The molecular weight excluding hydrogens is 289 g/mol. The van der Waals surface area contributed by atoms with Crippen molar-refractivity contribution in [2.75, 3.05) is 7.05 Å². The topological polar surface area (TPSA) is 29.9 Å². The predicted octanol–water partition coefficient (Wildman–Crippen LogP) is 4.14. The Hall–Kier alpha value is -0.550. The van der Waals surface area contributed by atoms with Crippen LogP contribution in [0.2, 0.25) is 10.0 Å². The van der Waals surface area contributed by atoms with Crippen molar-refractivity contribution in [3.8, 4) is 0 Å². The minimum Gasteiger partial charge on any atom is -0.307 e. The van der Waals surface area contributed by atoms with Gasteiger partial charge < -0.3 is 5.32 Å². The van der Waals surface area contributed by atoms with Gasteiger partial charge in [0.25, 0.3) is 0 Å². The van der Waals surface area contributed by atoms with Crippen molar-refractivity contribution in [3.63, 3.8) is 0 Å². The predicted molar refractivity (Wildman–Crippen MR) is 77.9 cm³/mol. The van der Waals surface area contributed by atoms with E-state index in [1.54, 1.807) is 17.5 Å². The molecule has 18 heavy (non-hydrogen) atoms. The van der Waals surface area contributed by atoms with E-state index in [-0.39, 0.29) is 12.1 Å². The number of nitrogens with one attached hydrogen (secondary N) is 1. The summed E-state index contributed by atoms with van der Waals surface area (Å²) in [6, 6.07) is 2.12. The first-order valence-electron chi connectivity index (χ1n) is 5.69. The van der Waals surface area contributed by atoms with Crippen molar-refractivity contribution in [1.82, 2.24) is 15.1 Å². The Morgan fingerprint density at radius 2 is 2.06 bits per heavy atom. The van der Waals surface area contributed by atoms with E-state index in [0.29, 0.717) is 5.02 Å². The molecule has 6 heteroatoms. The number of rotatable bonds is 4. The number of hydrogen-bond acceptors (Lipinski definition) is 3. The van der Waals surface area contributed by atoms with Crippen molar-refractivity contribution in [2.45, 2.75) is 25.9 Å². The van der Waals surface area contributed by atoms with E-state index < -0.39 is 0 Å². The Kier molecular flexibility index (Phi) is 4.33. The zero-order valence-electron chi connectivity index (χ0n) is 10.4. The molecule has 0 spiro atoms. The van der Waals surface area contributed by atoms with E-state index in [2.05, 4.69) is 24.3 Å². The van der Waals surface area contributed by atoms with E-state index in [9.17, 15) is 0 Å². The van der Waals surface area contributed by atoms with Gasteiger partial charge in [-0.1, -0.05) is 23.2 Å². The average molecular weight is 304 g/mol. The fraction of sp³-hybridized carbons (Fsp3) is 0.417. The molecule has 0 saturated heterocycles. The van der Waals surface area contributed by atoms with E-state index in [4.69, 9.17) is 23.2 Å². The first-order valence-corrected chi connectivity index (χ1v) is 7.32. The van der Waals surface area contributed by atoms with Crippen molar-refractivity contribution < 1.29 is 0 Å². The Morgan fingerprint density at radius 3 is 2.56 bits per heavy atom. The third kappa shape index (κ3) is 2.43. The van der Waals surface area contributed by atoms with Gasteiger partial charge in [-0.05, 0) is 32.3 Å². The minimum atomic E-state index is -0.0325. The number of hydrogen-bond donors (Lipinski definition) is 1. The third-order valence-corrected chi connectivity index (χ3v) is 4.46. The molecule has 0 aliphatic carbocycles. The summed E-state index contributed by atoms with van der Waals surface area (Å²) in [5.74, 6) is 0. The van der Waals surface area contributed by atoms with Crippen LogP contribution in [0.25, 0.3) is 0 Å². The van der Waals surface area contributed by atoms with Crippen LogP contribution in [0.4, 0.5) is 0 Å². The second kappa shape index (κ2) is 5.61. The number of thiophene rings is 1. The Labute approximate surface area is 121 Å². The molecule has 0 aliphatic rings. The molecular formula is C12H15Cl2N3S. The summed E-state index contributed by atoms with van der Waals surface area (Å²) in [6.07, 6.45) is 1.68. The highest BCUT2D eigenvalue weighted by Gasteiger charge is 2.24. The van der Waals surface area contributed by atoms with Gasteiger partial charge >= 0.3 is 0 Å². The van der Waals surface area contributed by atoms with Crippen LogP contribution in [0.3, 0.4) is 0 Å². The van der Waals surface area contributed by atoms with E-state index in [0.717, 1.165) is 15.6 Å². The second-order valence-electron chi connectivity index (χ2n) is 4.27. The Morgan fingerprint density at radius 1 is 1.33 bits per heavy atom. The molecule has 98 valence electrons. The lowest BCUT2D eigenvalue weighted by Crippen LogP contribution is -2.22. The number of aromatic nitrogens is 2. The van der Waals surface area contributed by atoms with Gasteiger partial charge in [0, 0.05) is 10.9 Å². The summed E-state index contributed by atoms with van der Waals surface area (Å²) in [7, 11) is 1.90. The maximum Gasteiger partial charge on any atom is 0.0869 e. The fourth-order valence-electron chi connectivity index (χ4n) is 1.94. The zero-order chi connectivity index (χ0) is 13.3. The SMILES string of the molecule is CNC(c1sccc1Cl)c1c(Cl)cnn1C(C)C. The van der Waals surface area contributed by atoms with Crippen LogP contribution in [-0.4, -0.2) is 16.8 Å². The molecule has 0 amide bonds. The van der Waals surface area contributed by atoms with E-state index in [1.807, 2.05) is 23.2 Å². The zero-order valence-corrected chi connectivity index (χ0v) is 12.8. The lowest BCUT2D eigenvalue weighted by Gasteiger charge is -2.20. The van der Waals surface area contributed by atoms with Gasteiger partial charge in [0.1, 0.15) is 0 Å². The highest BCUT2D eigenvalue weighted by Crippen LogP contribution is 2.36. The summed E-state index contributed by atoms with van der Waals surface area (Å²) in [5.41, 5.74) is 0.957. The van der Waals surface area contributed by atoms with Crippen LogP contribution >= 0.6 is 34.5 Å². The van der Waals surface area contributed by atoms with Gasteiger partial charge in [-0.3, -0.25) is 4.68 Å². The molecule has 0 fully saturated rings. The molecule has 2 aromatic heterocycles. The third-order valence-electron chi connectivity index (χ3n) is 2.75. The summed E-state index contributed by atoms with van der Waals surface area (Å²) >= 11 is 14.1. The molecule has 1 unspecified atom stereocenters. The first kappa shape index (κ1) is 13.9. The molecule has 3 nitrogen and oxygen atoms in total. The summed E-state index contributed by atoms with van der Waals surface area (Å²) in [4.78, 5) is 1.06. The largest absolute Gasteiger partial charge is 0.307 e. The van der Waals surface area contributed by atoms with Crippen LogP contribution in [0, 0.1) is 0 Å². The van der Waals surface area contributed by atoms with E-state index in [1.165, 1.54) is 0 Å². The molecule has 1 atom stereocenters. The summed E-state index contributed by atoms with van der Waals surface area (Å²) in [5, 5.41) is 11.0. The normalized spacial score (nSPS) is 13.2. The Bertz CT molecular complexity index is 533. The van der Waals surface area contributed by atoms with Crippen LogP contribution in [0.5, 0.6) is 0 Å². The lowest BCUT2D eigenvalue weighted by molar-refractivity contribution is 0.486. The fourth-order valence-corrected chi connectivity index (χ4v) is 3.45. The van der Waals surface area contributed by atoms with Crippen LogP contribution < -0.4 is 5.32 Å². The highest BCUT2D eigenvalue weighted by atomic mass is 35.5. The van der Waals surface area contributed by atoms with Gasteiger partial charge in [0.2, 0.25) is 0 Å². The molecule has 2 aromatic rings. The molecule has 2 rings (SSSR count). The second-order valence-corrected chi connectivity index (χ2v) is 6.03. The molecule has 2 heterocycles. The number of halogens is 2. The standard InChI is InChI=1S/C12H15Cl2N3S/c1-7(2)17-11(9(14)6-16-17)10(15-3)12-8(13)4-5-18-12/h4-7,10,15H,1-3H3. The monoisotopic (exact) mass is 303 g/mol. The van der Waals surface area contributed by atoms with Crippen molar-refractivity contribution >= 4 is 34.5 Å². The van der Waals surface area contributed by atoms with Gasteiger partial charge in [-0.2, -0.15) is 5.10 Å². The van der Waals surface area contributed by atoms with Crippen molar-refractivity contribution in [2.24, 2.45) is 0 Å². The first-order chi connectivity index (χ1) is 8.56. The molecule has 0 aromatic carbocycles. The van der Waals surface area contributed by atoms with Gasteiger partial charge in [0.05, 0.1) is 28.0 Å². The van der Waals surface area contributed by atoms with Gasteiger partial charge in [-0.25, -0.2) is 0 Å². The highest BCUT2D eigenvalue weighted by molar-refractivity contribution is 7.10. The average Bonchev–Trinajstić information content (AvgIpc) is 2.89. The van der Waals surface area contributed by atoms with Crippen molar-refractivity contribution in [1.29, 1.82) is 0 Å². The summed E-state index contributed by atoms with van der Waals surface area (Å²) in [6.45, 7) is 4.16. The molecule has 0 aliphatic heterocycles. The maximum absolute atomic E-state index is 6.27. The quantitative estimate of drug-likeness (QED) is 0.920. The lowest BCUT2D eigenvalue weighted by atomic mass is 10.1. The maximum atomic E-state index is 6.27. The molecule has 0 saturated carbocycles.